The maximum absolute atomic E-state index is 6.61. The predicted octanol–water partition coefficient (Wildman–Crippen LogP) is 14.6. The quantitative estimate of drug-likeness (QED) is 0.168. The van der Waals surface area contributed by atoms with Crippen molar-refractivity contribution in [3.05, 3.63) is 212 Å². The summed E-state index contributed by atoms with van der Waals surface area (Å²) in [6.45, 7) is 0. The molecule has 63 heavy (non-hydrogen) atoms. The van der Waals surface area contributed by atoms with Crippen LogP contribution in [0.25, 0.3) is 122 Å². The molecule has 6 nitrogen and oxygen atoms in total. The zero-order valence-electron chi connectivity index (χ0n) is 33.9. The average molecular weight is 806 g/mol. The highest BCUT2D eigenvalue weighted by Crippen LogP contribution is 2.43. The van der Waals surface area contributed by atoms with Crippen molar-refractivity contribution in [3.8, 4) is 56.7 Å². The van der Waals surface area contributed by atoms with Crippen LogP contribution in [0.3, 0.4) is 0 Å². The lowest BCUT2D eigenvalue weighted by Gasteiger charge is -2.11. The third-order valence-corrected chi connectivity index (χ3v) is 12.4. The fraction of sp³-hybridized carbons (Fsp3) is 0. The molecule has 0 aliphatic heterocycles. The van der Waals surface area contributed by atoms with E-state index in [-0.39, 0.29) is 0 Å². The number of hydrogen-bond acceptors (Lipinski definition) is 4. The first-order chi connectivity index (χ1) is 31.2. The normalized spacial score (nSPS) is 11.8. The Balaban J connectivity index is 1.00. The molecule has 0 amide bonds. The van der Waals surface area contributed by atoms with E-state index in [2.05, 4.69) is 161 Å². The van der Waals surface area contributed by atoms with E-state index in [0.717, 1.165) is 82.8 Å². The summed E-state index contributed by atoms with van der Waals surface area (Å²) >= 11 is 0. The maximum atomic E-state index is 6.61. The van der Waals surface area contributed by atoms with Crippen LogP contribution in [0.1, 0.15) is 0 Å². The highest BCUT2D eigenvalue weighted by Gasteiger charge is 2.22. The van der Waals surface area contributed by atoms with Gasteiger partial charge in [-0.3, -0.25) is 4.57 Å². The van der Waals surface area contributed by atoms with Crippen molar-refractivity contribution in [1.29, 1.82) is 0 Å². The van der Waals surface area contributed by atoms with Crippen LogP contribution < -0.4 is 0 Å². The van der Waals surface area contributed by atoms with Crippen LogP contribution in [-0.4, -0.2) is 24.1 Å². The average Bonchev–Trinajstić information content (AvgIpc) is 4.02. The Labute approximate surface area is 361 Å². The fourth-order valence-corrected chi connectivity index (χ4v) is 9.60. The molecule has 0 saturated heterocycles. The van der Waals surface area contributed by atoms with Gasteiger partial charge in [0.2, 0.25) is 5.95 Å². The molecule has 0 radical (unpaired) electrons. The van der Waals surface area contributed by atoms with Gasteiger partial charge >= 0.3 is 0 Å². The van der Waals surface area contributed by atoms with E-state index in [1.54, 1.807) is 0 Å². The Morgan fingerprint density at radius 2 is 0.857 bits per heavy atom. The molecule has 294 valence electrons. The molecule has 0 aliphatic rings. The topological polar surface area (TPSA) is 61.7 Å². The Kier molecular flexibility index (Phi) is 7.80. The SMILES string of the molecule is c1ccc(-c2nc(-c3ccccc3)nc(-n3c4ccccc4c4c(-c5ccc6oc7cccc(-c8ccc9c(c8)c8ccccc8n9-c8ccccc8)c7c6c5)cccc43)n2)cc1. The summed E-state index contributed by atoms with van der Waals surface area (Å²) in [4.78, 5) is 15.3. The zero-order valence-corrected chi connectivity index (χ0v) is 33.9. The van der Waals surface area contributed by atoms with Crippen LogP contribution in [0.15, 0.2) is 217 Å². The maximum Gasteiger partial charge on any atom is 0.238 e. The van der Waals surface area contributed by atoms with Gasteiger partial charge in [0.15, 0.2) is 11.6 Å². The number of hydrogen-bond donors (Lipinski definition) is 0. The molecular formula is C57H35N5O. The van der Waals surface area contributed by atoms with Crippen molar-refractivity contribution in [2.24, 2.45) is 0 Å². The van der Waals surface area contributed by atoms with E-state index in [1.807, 2.05) is 60.7 Å². The molecule has 0 unspecified atom stereocenters. The van der Waals surface area contributed by atoms with Gasteiger partial charge in [-0.25, -0.2) is 4.98 Å². The minimum Gasteiger partial charge on any atom is -0.456 e. The highest BCUT2D eigenvalue weighted by molar-refractivity contribution is 6.18. The van der Waals surface area contributed by atoms with E-state index in [4.69, 9.17) is 19.4 Å². The summed E-state index contributed by atoms with van der Waals surface area (Å²) in [6, 6.07) is 74.4. The van der Waals surface area contributed by atoms with Crippen LogP contribution >= 0.6 is 0 Å². The molecule has 9 aromatic carbocycles. The minimum atomic E-state index is 0.566. The standard InChI is InChI=1S/C57H35N5O/c1-4-16-36(17-5-1)55-58-56(37-18-6-2-7-19-37)60-57(59-55)62-48-27-13-11-23-44(48)53-41(24-14-28-50(53)62)39-31-33-51-46(35-39)54-42(25-15-29-52(54)63-51)38-30-32-49-45(34-38)43-22-10-12-26-47(43)61(49)40-20-8-3-9-21-40/h1-35H. The number of para-hydroxylation sites is 3. The summed E-state index contributed by atoms with van der Waals surface area (Å²) in [6.07, 6.45) is 0. The van der Waals surface area contributed by atoms with Gasteiger partial charge in [0, 0.05) is 49.1 Å². The molecule has 0 N–H and O–H groups in total. The van der Waals surface area contributed by atoms with E-state index in [0.29, 0.717) is 17.6 Å². The summed E-state index contributed by atoms with van der Waals surface area (Å²) in [5, 5.41) is 6.85. The number of fused-ring (bicyclic) bond motifs is 9. The van der Waals surface area contributed by atoms with Gasteiger partial charge in [0.25, 0.3) is 0 Å². The molecule has 6 heteroatoms. The molecule has 0 saturated carbocycles. The van der Waals surface area contributed by atoms with Gasteiger partial charge in [-0.05, 0) is 82.9 Å². The minimum absolute atomic E-state index is 0.566. The summed E-state index contributed by atoms with van der Waals surface area (Å²) in [5.41, 5.74) is 13.6. The van der Waals surface area contributed by atoms with Gasteiger partial charge < -0.3 is 8.98 Å². The Morgan fingerprint density at radius 1 is 0.317 bits per heavy atom. The predicted molar refractivity (Wildman–Crippen MR) is 258 cm³/mol. The summed E-state index contributed by atoms with van der Waals surface area (Å²) < 4.78 is 11.2. The molecule has 0 aliphatic carbocycles. The van der Waals surface area contributed by atoms with Crippen LogP contribution in [0, 0.1) is 0 Å². The molecule has 13 aromatic rings. The zero-order chi connectivity index (χ0) is 41.4. The van der Waals surface area contributed by atoms with Crippen LogP contribution in [-0.2, 0) is 0 Å². The number of benzene rings is 9. The lowest BCUT2D eigenvalue weighted by molar-refractivity contribution is 0.669. The molecule has 4 aromatic heterocycles. The van der Waals surface area contributed by atoms with E-state index >= 15 is 0 Å². The second kappa shape index (κ2) is 14.0. The van der Waals surface area contributed by atoms with Crippen molar-refractivity contribution in [1.82, 2.24) is 24.1 Å². The monoisotopic (exact) mass is 805 g/mol. The Bertz CT molecular complexity index is 3850. The van der Waals surface area contributed by atoms with Crippen LogP contribution in [0.4, 0.5) is 0 Å². The van der Waals surface area contributed by atoms with Crippen LogP contribution in [0.5, 0.6) is 0 Å². The van der Waals surface area contributed by atoms with Gasteiger partial charge in [0.05, 0.1) is 22.1 Å². The largest absolute Gasteiger partial charge is 0.456 e. The number of rotatable bonds is 6. The second-order valence-corrected chi connectivity index (χ2v) is 16.0. The van der Waals surface area contributed by atoms with E-state index in [9.17, 15) is 0 Å². The number of aromatic nitrogens is 5. The molecule has 0 atom stereocenters. The number of nitrogens with zero attached hydrogens (tertiary/aromatic N) is 5. The molecule has 0 bridgehead atoms. The van der Waals surface area contributed by atoms with Gasteiger partial charge in [-0.1, -0.05) is 152 Å². The smallest absolute Gasteiger partial charge is 0.238 e. The van der Waals surface area contributed by atoms with Crippen LogP contribution in [0.2, 0.25) is 0 Å². The first-order valence-electron chi connectivity index (χ1n) is 21.2. The molecule has 0 spiro atoms. The third kappa shape index (κ3) is 5.55. The number of furan rings is 1. The van der Waals surface area contributed by atoms with Gasteiger partial charge in [-0.15, -0.1) is 0 Å². The first-order valence-corrected chi connectivity index (χ1v) is 21.2. The molecule has 4 heterocycles. The lowest BCUT2D eigenvalue weighted by atomic mass is 9.95. The van der Waals surface area contributed by atoms with Crippen molar-refractivity contribution in [2.75, 3.05) is 0 Å². The first kappa shape index (κ1) is 35.2. The summed E-state index contributed by atoms with van der Waals surface area (Å²) in [7, 11) is 0. The van der Waals surface area contributed by atoms with E-state index < -0.39 is 0 Å². The van der Waals surface area contributed by atoms with Crippen molar-refractivity contribution in [3.63, 3.8) is 0 Å². The third-order valence-electron chi connectivity index (χ3n) is 12.4. The van der Waals surface area contributed by atoms with E-state index in [1.165, 1.54) is 21.8 Å². The lowest BCUT2D eigenvalue weighted by Crippen LogP contribution is -2.06. The second-order valence-electron chi connectivity index (χ2n) is 16.0. The van der Waals surface area contributed by atoms with Crippen molar-refractivity contribution >= 4 is 65.6 Å². The van der Waals surface area contributed by atoms with Crippen molar-refractivity contribution in [2.45, 2.75) is 0 Å². The molecular weight excluding hydrogens is 771 g/mol. The summed E-state index contributed by atoms with van der Waals surface area (Å²) in [5.74, 6) is 1.81. The molecule has 0 fully saturated rings. The molecule has 13 rings (SSSR count). The fourth-order valence-electron chi connectivity index (χ4n) is 9.60. The Morgan fingerprint density at radius 3 is 1.57 bits per heavy atom. The van der Waals surface area contributed by atoms with Gasteiger partial charge in [-0.2, -0.15) is 9.97 Å². The van der Waals surface area contributed by atoms with Crippen molar-refractivity contribution < 1.29 is 4.42 Å². The Hall–Kier alpha value is -8.61. The van der Waals surface area contributed by atoms with Gasteiger partial charge in [0.1, 0.15) is 11.2 Å². The highest BCUT2D eigenvalue weighted by atomic mass is 16.3.